The predicted octanol–water partition coefficient (Wildman–Crippen LogP) is 0.715. The summed E-state index contributed by atoms with van der Waals surface area (Å²) in [6.45, 7) is 2.59. The zero-order chi connectivity index (χ0) is 19.9. The number of morpholine rings is 1. The van der Waals surface area contributed by atoms with Crippen LogP contribution < -0.4 is 4.90 Å². The number of nitro groups is 1. The first kappa shape index (κ1) is 21.5. The molecule has 0 unspecified atom stereocenters. The van der Waals surface area contributed by atoms with Crippen LogP contribution in [0.15, 0.2) is 23.1 Å². The molecule has 1 aromatic rings. The van der Waals surface area contributed by atoms with Gasteiger partial charge in [0.2, 0.25) is 10.0 Å². The van der Waals surface area contributed by atoms with E-state index in [2.05, 4.69) is 0 Å². The van der Waals surface area contributed by atoms with Crippen LogP contribution in [0.2, 0.25) is 0 Å². The maximum absolute atomic E-state index is 13.2. The smallest absolute Gasteiger partial charge is 0.270 e. The summed E-state index contributed by atoms with van der Waals surface area (Å²) >= 11 is 0. The average Bonchev–Trinajstić information content (AvgIpc) is 2.68. The van der Waals surface area contributed by atoms with Gasteiger partial charge < -0.3 is 19.1 Å². The van der Waals surface area contributed by atoms with Gasteiger partial charge in [-0.15, -0.1) is 0 Å². The number of methoxy groups -OCH3 is 2. The molecule has 0 aromatic heterocycles. The Hall–Kier alpha value is -1.79. The first-order valence-corrected chi connectivity index (χ1v) is 9.95. The molecule has 152 valence electrons. The first-order chi connectivity index (χ1) is 12.9. The van der Waals surface area contributed by atoms with E-state index in [0.29, 0.717) is 45.2 Å². The van der Waals surface area contributed by atoms with E-state index in [4.69, 9.17) is 14.2 Å². The Bertz CT molecular complexity index is 728. The second-order valence-electron chi connectivity index (χ2n) is 5.90. The highest BCUT2D eigenvalue weighted by atomic mass is 32.2. The molecule has 2 rings (SSSR count). The van der Waals surface area contributed by atoms with Crippen LogP contribution in [0.4, 0.5) is 11.4 Å². The molecular formula is C16H25N3O7S. The highest BCUT2D eigenvalue weighted by Crippen LogP contribution is 2.32. The Kier molecular flexibility index (Phi) is 7.92. The van der Waals surface area contributed by atoms with E-state index in [-0.39, 0.29) is 23.7 Å². The summed E-state index contributed by atoms with van der Waals surface area (Å²) in [5, 5.41) is 11.2. The molecule has 0 N–H and O–H groups in total. The number of nitro benzene ring substituents is 1. The van der Waals surface area contributed by atoms with Crippen molar-refractivity contribution in [2.75, 3.05) is 71.7 Å². The Morgan fingerprint density at radius 1 is 1.19 bits per heavy atom. The van der Waals surface area contributed by atoms with Gasteiger partial charge in [-0.05, 0) is 6.07 Å². The Morgan fingerprint density at radius 3 is 2.30 bits per heavy atom. The zero-order valence-corrected chi connectivity index (χ0v) is 16.3. The summed E-state index contributed by atoms with van der Waals surface area (Å²) in [5.74, 6) is 0. The van der Waals surface area contributed by atoms with Crippen molar-refractivity contribution in [1.29, 1.82) is 0 Å². The molecule has 10 nitrogen and oxygen atoms in total. The van der Waals surface area contributed by atoms with Crippen LogP contribution in [0.5, 0.6) is 0 Å². The quantitative estimate of drug-likeness (QED) is 0.415. The monoisotopic (exact) mass is 403 g/mol. The van der Waals surface area contributed by atoms with Crippen LogP contribution in [0.1, 0.15) is 0 Å². The van der Waals surface area contributed by atoms with Gasteiger partial charge in [-0.25, -0.2) is 8.42 Å². The lowest BCUT2D eigenvalue weighted by Gasteiger charge is -2.30. The SMILES string of the molecule is COCCN(CCOC)c1ccc([N+](=O)[O-])cc1S(=O)(=O)N1CCOCC1. The lowest BCUT2D eigenvalue weighted by molar-refractivity contribution is -0.385. The van der Waals surface area contributed by atoms with Crippen molar-refractivity contribution < 1.29 is 27.6 Å². The molecule has 0 saturated carbocycles. The third-order valence-electron chi connectivity index (χ3n) is 4.21. The summed E-state index contributed by atoms with van der Waals surface area (Å²) in [6.07, 6.45) is 0. The summed E-state index contributed by atoms with van der Waals surface area (Å²) in [7, 11) is -0.816. The summed E-state index contributed by atoms with van der Waals surface area (Å²) in [5.41, 5.74) is 0.116. The minimum absolute atomic E-state index is 0.0918. The number of ether oxygens (including phenoxy) is 3. The highest BCUT2D eigenvalue weighted by molar-refractivity contribution is 7.89. The minimum atomic E-state index is -3.92. The normalized spacial score (nSPS) is 15.6. The predicted molar refractivity (Wildman–Crippen MR) is 98.6 cm³/mol. The van der Waals surface area contributed by atoms with Gasteiger partial charge in [-0.1, -0.05) is 0 Å². The molecule has 0 bridgehead atoms. The van der Waals surface area contributed by atoms with Crippen molar-refractivity contribution in [3.63, 3.8) is 0 Å². The number of hydrogen-bond donors (Lipinski definition) is 0. The van der Waals surface area contributed by atoms with Crippen molar-refractivity contribution in [2.45, 2.75) is 4.90 Å². The van der Waals surface area contributed by atoms with E-state index in [1.165, 1.54) is 16.4 Å². The molecule has 0 spiro atoms. The number of anilines is 1. The molecule has 1 aromatic carbocycles. The minimum Gasteiger partial charge on any atom is -0.383 e. The first-order valence-electron chi connectivity index (χ1n) is 8.51. The molecule has 11 heteroatoms. The number of non-ortho nitro benzene ring substituents is 1. The molecule has 1 saturated heterocycles. The van der Waals surface area contributed by atoms with E-state index >= 15 is 0 Å². The lowest BCUT2D eigenvalue weighted by Crippen LogP contribution is -2.41. The zero-order valence-electron chi connectivity index (χ0n) is 15.5. The maximum Gasteiger partial charge on any atom is 0.270 e. The van der Waals surface area contributed by atoms with E-state index in [9.17, 15) is 18.5 Å². The van der Waals surface area contributed by atoms with Gasteiger partial charge >= 0.3 is 0 Å². The summed E-state index contributed by atoms with van der Waals surface area (Å²) < 4.78 is 43.1. The van der Waals surface area contributed by atoms with Crippen LogP contribution >= 0.6 is 0 Å². The fourth-order valence-corrected chi connectivity index (χ4v) is 4.41. The van der Waals surface area contributed by atoms with Crippen molar-refractivity contribution in [1.82, 2.24) is 4.31 Å². The van der Waals surface area contributed by atoms with E-state index < -0.39 is 14.9 Å². The number of rotatable bonds is 10. The summed E-state index contributed by atoms with van der Waals surface area (Å²) in [4.78, 5) is 12.3. The molecule has 0 aliphatic carbocycles. The lowest BCUT2D eigenvalue weighted by atomic mass is 10.2. The van der Waals surface area contributed by atoms with Gasteiger partial charge in [0.05, 0.1) is 37.0 Å². The largest absolute Gasteiger partial charge is 0.383 e. The van der Waals surface area contributed by atoms with Gasteiger partial charge in [0, 0.05) is 52.5 Å². The molecule has 0 radical (unpaired) electrons. The third kappa shape index (κ3) is 5.36. The molecule has 1 fully saturated rings. The number of nitrogens with zero attached hydrogens (tertiary/aromatic N) is 3. The van der Waals surface area contributed by atoms with Gasteiger partial charge in [0.1, 0.15) is 4.90 Å². The van der Waals surface area contributed by atoms with Crippen molar-refractivity contribution in [2.24, 2.45) is 0 Å². The Morgan fingerprint density at radius 2 is 1.78 bits per heavy atom. The van der Waals surface area contributed by atoms with Crippen molar-refractivity contribution in [3.8, 4) is 0 Å². The molecule has 1 aliphatic rings. The number of hydrogen-bond acceptors (Lipinski definition) is 8. The second-order valence-corrected chi connectivity index (χ2v) is 7.80. The Labute approximate surface area is 158 Å². The molecular weight excluding hydrogens is 378 g/mol. The third-order valence-corrected chi connectivity index (χ3v) is 6.14. The molecule has 1 heterocycles. The standard InChI is InChI=1S/C16H25N3O7S/c1-24-9-5-17(6-10-25-2)15-4-3-14(19(20)21)13-16(15)27(22,23)18-7-11-26-12-8-18/h3-4,13H,5-12H2,1-2H3. The molecule has 0 atom stereocenters. The van der Waals surface area contributed by atoms with Gasteiger partial charge in [-0.3, -0.25) is 10.1 Å². The fourth-order valence-electron chi connectivity index (χ4n) is 2.77. The molecule has 1 aliphatic heterocycles. The van der Waals surface area contributed by atoms with Crippen LogP contribution in [0, 0.1) is 10.1 Å². The van der Waals surface area contributed by atoms with Crippen LogP contribution in [-0.4, -0.2) is 84.5 Å². The van der Waals surface area contributed by atoms with Crippen molar-refractivity contribution >= 4 is 21.4 Å². The van der Waals surface area contributed by atoms with Crippen LogP contribution in [0.25, 0.3) is 0 Å². The van der Waals surface area contributed by atoms with Gasteiger partial charge in [0.25, 0.3) is 5.69 Å². The van der Waals surface area contributed by atoms with Gasteiger partial charge in [0.15, 0.2) is 0 Å². The van der Waals surface area contributed by atoms with Crippen LogP contribution in [-0.2, 0) is 24.2 Å². The van der Waals surface area contributed by atoms with E-state index in [1.807, 2.05) is 0 Å². The second kappa shape index (κ2) is 9.95. The molecule has 0 amide bonds. The average molecular weight is 403 g/mol. The molecule has 27 heavy (non-hydrogen) atoms. The maximum atomic E-state index is 13.2. The van der Waals surface area contributed by atoms with Gasteiger partial charge in [-0.2, -0.15) is 4.31 Å². The van der Waals surface area contributed by atoms with E-state index in [1.54, 1.807) is 19.1 Å². The fraction of sp³-hybridized carbons (Fsp3) is 0.625. The highest BCUT2D eigenvalue weighted by Gasteiger charge is 2.31. The van der Waals surface area contributed by atoms with E-state index in [0.717, 1.165) is 6.07 Å². The Balaban J connectivity index is 2.50. The number of sulfonamides is 1. The van der Waals surface area contributed by atoms with Crippen molar-refractivity contribution in [3.05, 3.63) is 28.3 Å². The number of benzene rings is 1. The topological polar surface area (TPSA) is 111 Å². The summed E-state index contributed by atoms with van der Waals surface area (Å²) in [6, 6.07) is 3.89. The van der Waals surface area contributed by atoms with Crippen LogP contribution in [0.3, 0.4) is 0 Å².